The molecule has 0 unspecified atom stereocenters. The Morgan fingerprint density at radius 1 is 0.816 bits per heavy atom. The van der Waals surface area contributed by atoms with E-state index in [1.807, 2.05) is 41.1 Å². The highest BCUT2D eigenvalue weighted by atomic mass is 16.5. The SMILES string of the molecule is COc1ccc([C@@H]2Oc3ccc(O)cc3C3=C2[C@@H](c2ccc(OC)c(OC)c2)n2ncnc2N3)cc1OC. The van der Waals surface area contributed by atoms with Crippen molar-refractivity contribution in [2.24, 2.45) is 0 Å². The van der Waals surface area contributed by atoms with Gasteiger partial charge in [-0.3, -0.25) is 0 Å². The van der Waals surface area contributed by atoms with E-state index in [4.69, 9.17) is 23.7 Å². The first kappa shape index (κ1) is 23.5. The van der Waals surface area contributed by atoms with Crippen LogP contribution in [-0.4, -0.2) is 48.3 Å². The molecule has 0 amide bonds. The minimum absolute atomic E-state index is 0.125. The van der Waals surface area contributed by atoms with E-state index in [1.54, 1.807) is 46.6 Å². The summed E-state index contributed by atoms with van der Waals surface area (Å²) in [7, 11) is 6.40. The molecule has 0 radical (unpaired) electrons. The molecule has 194 valence electrons. The molecule has 0 aliphatic carbocycles. The number of hydrogen-bond acceptors (Lipinski definition) is 9. The molecule has 0 bridgehead atoms. The Balaban J connectivity index is 1.61. The molecule has 0 spiro atoms. The van der Waals surface area contributed by atoms with Gasteiger partial charge in [-0.05, 0) is 48.0 Å². The Labute approximate surface area is 219 Å². The van der Waals surface area contributed by atoms with Gasteiger partial charge in [0, 0.05) is 16.7 Å². The quantitative estimate of drug-likeness (QED) is 0.382. The summed E-state index contributed by atoms with van der Waals surface area (Å²) in [5.41, 5.74) is 4.12. The average molecular weight is 515 g/mol. The van der Waals surface area contributed by atoms with Gasteiger partial charge in [0.15, 0.2) is 23.0 Å². The lowest BCUT2D eigenvalue weighted by Gasteiger charge is -2.39. The zero-order valence-electron chi connectivity index (χ0n) is 21.3. The largest absolute Gasteiger partial charge is 0.508 e. The molecule has 0 fully saturated rings. The molecule has 2 atom stereocenters. The number of hydrogen-bond donors (Lipinski definition) is 2. The van der Waals surface area contributed by atoms with Crippen LogP contribution in [-0.2, 0) is 0 Å². The Morgan fingerprint density at radius 2 is 1.47 bits per heavy atom. The number of phenols is 1. The number of phenolic OH excluding ortho intramolecular Hbond substituents is 1. The molecule has 2 N–H and O–H groups in total. The van der Waals surface area contributed by atoms with E-state index >= 15 is 0 Å². The van der Waals surface area contributed by atoms with Crippen molar-refractivity contribution in [3.05, 3.63) is 83.2 Å². The fourth-order valence-corrected chi connectivity index (χ4v) is 5.09. The fourth-order valence-electron chi connectivity index (χ4n) is 5.09. The molecule has 3 aromatic carbocycles. The summed E-state index contributed by atoms with van der Waals surface area (Å²) in [4.78, 5) is 4.45. The van der Waals surface area contributed by atoms with Crippen molar-refractivity contribution in [1.82, 2.24) is 14.8 Å². The van der Waals surface area contributed by atoms with Crippen molar-refractivity contribution < 1.29 is 28.8 Å². The molecule has 2 aliphatic heterocycles. The van der Waals surface area contributed by atoms with Crippen LogP contribution >= 0.6 is 0 Å². The van der Waals surface area contributed by atoms with Crippen LogP contribution in [0, 0.1) is 0 Å². The molecule has 0 saturated carbocycles. The van der Waals surface area contributed by atoms with Crippen LogP contribution < -0.4 is 29.0 Å². The number of benzene rings is 3. The van der Waals surface area contributed by atoms with Gasteiger partial charge in [-0.25, -0.2) is 4.68 Å². The van der Waals surface area contributed by atoms with Gasteiger partial charge in [0.05, 0.1) is 34.1 Å². The maximum atomic E-state index is 10.4. The summed E-state index contributed by atoms with van der Waals surface area (Å²) in [6.07, 6.45) is 0.967. The van der Waals surface area contributed by atoms with Gasteiger partial charge < -0.3 is 34.1 Å². The lowest BCUT2D eigenvalue weighted by Crippen LogP contribution is -2.32. The second-order valence-electron chi connectivity index (χ2n) is 8.79. The van der Waals surface area contributed by atoms with Gasteiger partial charge in [-0.15, -0.1) is 0 Å². The average Bonchev–Trinajstić information content (AvgIpc) is 3.43. The number of ether oxygens (including phenoxy) is 5. The molecule has 6 rings (SSSR count). The summed E-state index contributed by atoms with van der Waals surface area (Å²) in [6, 6.07) is 16.1. The van der Waals surface area contributed by atoms with Gasteiger partial charge in [0.2, 0.25) is 5.95 Å². The lowest BCUT2D eigenvalue weighted by molar-refractivity contribution is 0.222. The van der Waals surface area contributed by atoms with Gasteiger partial charge in [-0.2, -0.15) is 10.1 Å². The van der Waals surface area contributed by atoms with Gasteiger partial charge in [-0.1, -0.05) is 12.1 Å². The molecule has 38 heavy (non-hydrogen) atoms. The van der Waals surface area contributed by atoms with E-state index in [0.29, 0.717) is 34.7 Å². The van der Waals surface area contributed by atoms with Gasteiger partial charge in [0.25, 0.3) is 0 Å². The van der Waals surface area contributed by atoms with E-state index < -0.39 is 12.1 Å². The first-order valence-electron chi connectivity index (χ1n) is 11.9. The van der Waals surface area contributed by atoms with Crippen LogP contribution in [0.2, 0.25) is 0 Å². The first-order chi connectivity index (χ1) is 18.6. The highest BCUT2D eigenvalue weighted by Crippen LogP contribution is 2.52. The fraction of sp³-hybridized carbons (Fsp3) is 0.214. The van der Waals surface area contributed by atoms with Crippen molar-refractivity contribution >= 4 is 11.6 Å². The van der Waals surface area contributed by atoms with Crippen LogP contribution in [0.3, 0.4) is 0 Å². The molecule has 10 heteroatoms. The minimum atomic E-state index is -0.537. The van der Waals surface area contributed by atoms with Crippen molar-refractivity contribution in [2.45, 2.75) is 12.1 Å². The maximum Gasteiger partial charge on any atom is 0.226 e. The van der Waals surface area contributed by atoms with Crippen molar-refractivity contribution in [3.8, 4) is 34.5 Å². The van der Waals surface area contributed by atoms with Crippen molar-refractivity contribution in [2.75, 3.05) is 33.8 Å². The monoisotopic (exact) mass is 514 g/mol. The van der Waals surface area contributed by atoms with E-state index in [-0.39, 0.29) is 5.75 Å². The summed E-state index contributed by atoms with van der Waals surface area (Å²) >= 11 is 0. The first-order valence-corrected chi connectivity index (χ1v) is 11.9. The maximum absolute atomic E-state index is 10.4. The van der Waals surface area contributed by atoms with Gasteiger partial charge >= 0.3 is 0 Å². The second kappa shape index (κ2) is 9.22. The van der Waals surface area contributed by atoms with Crippen LogP contribution in [0.4, 0.5) is 5.95 Å². The van der Waals surface area contributed by atoms with Gasteiger partial charge in [0.1, 0.15) is 30.0 Å². The number of methoxy groups -OCH3 is 4. The van der Waals surface area contributed by atoms with Crippen molar-refractivity contribution in [3.63, 3.8) is 0 Å². The number of anilines is 1. The summed E-state index contributed by atoms with van der Waals surface area (Å²) in [5.74, 6) is 3.71. The zero-order valence-corrected chi connectivity index (χ0v) is 21.3. The summed E-state index contributed by atoms with van der Waals surface area (Å²) < 4.78 is 30.6. The predicted octanol–water partition coefficient (Wildman–Crippen LogP) is 4.58. The molecule has 10 nitrogen and oxygen atoms in total. The number of rotatable bonds is 6. The number of aromatic nitrogens is 3. The summed E-state index contributed by atoms with van der Waals surface area (Å²) in [5, 5.41) is 18.3. The number of fused-ring (bicyclic) bond motifs is 3. The molecule has 3 heterocycles. The minimum Gasteiger partial charge on any atom is -0.508 e. The van der Waals surface area contributed by atoms with Crippen LogP contribution in [0.15, 0.2) is 66.5 Å². The second-order valence-corrected chi connectivity index (χ2v) is 8.79. The third kappa shape index (κ3) is 3.64. The molecular formula is C28H26N4O6. The predicted molar refractivity (Wildman–Crippen MR) is 139 cm³/mol. The van der Waals surface area contributed by atoms with E-state index in [9.17, 15) is 5.11 Å². The van der Waals surface area contributed by atoms with E-state index in [1.165, 1.54) is 6.33 Å². The Kier molecular flexibility index (Phi) is 5.71. The highest BCUT2D eigenvalue weighted by molar-refractivity contribution is 5.85. The standard InChI is InChI=1S/C28H26N4O6/c1-34-20-8-5-15(11-22(20)36-3)26-24-25(31-28-29-14-30-32(26)28)18-13-17(33)7-10-19(18)38-27(24)16-6-9-21(35-2)23(12-16)37-4/h5-14,26-27,33H,1-4H3,(H,29,30,31)/t26-,27+/m1/s1. The summed E-state index contributed by atoms with van der Waals surface area (Å²) in [6.45, 7) is 0. The third-order valence-corrected chi connectivity index (χ3v) is 6.83. The smallest absolute Gasteiger partial charge is 0.226 e. The Morgan fingerprint density at radius 3 is 2.16 bits per heavy atom. The third-order valence-electron chi connectivity index (χ3n) is 6.83. The molecule has 1 aromatic heterocycles. The number of nitrogens with zero attached hydrogens (tertiary/aromatic N) is 3. The van der Waals surface area contributed by atoms with Crippen LogP contribution in [0.5, 0.6) is 34.5 Å². The topological polar surface area (TPSA) is 109 Å². The Bertz CT molecular complexity index is 1560. The zero-order chi connectivity index (χ0) is 26.4. The molecular weight excluding hydrogens is 488 g/mol. The van der Waals surface area contributed by atoms with Crippen LogP contribution in [0.25, 0.3) is 5.70 Å². The van der Waals surface area contributed by atoms with E-state index in [0.717, 1.165) is 28.0 Å². The lowest BCUT2D eigenvalue weighted by atomic mass is 9.84. The normalized spacial score (nSPS) is 17.4. The van der Waals surface area contributed by atoms with Crippen molar-refractivity contribution in [1.29, 1.82) is 0 Å². The molecule has 4 aromatic rings. The van der Waals surface area contributed by atoms with Crippen LogP contribution in [0.1, 0.15) is 28.8 Å². The van der Waals surface area contributed by atoms with E-state index in [2.05, 4.69) is 15.4 Å². The molecule has 0 saturated heterocycles. The highest BCUT2D eigenvalue weighted by Gasteiger charge is 2.41. The number of aromatic hydroxyl groups is 1. The molecule has 2 aliphatic rings. The Hall–Kier alpha value is -4.86. The number of nitrogens with one attached hydrogen (secondary N) is 1.